The van der Waals surface area contributed by atoms with Crippen LogP contribution in [0.25, 0.3) is 0 Å². The average Bonchev–Trinajstić information content (AvgIpc) is 2.81. The van der Waals surface area contributed by atoms with E-state index in [1.165, 1.54) is 19.1 Å². The van der Waals surface area contributed by atoms with Crippen molar-refractivity contribution in [2.75, 3.05) is 13.1 Å². The topological polar surface area (TPSA) is 70.0 Å². The Hall–Kier alpha value is -2.29. The van der Waals surface area contributed by atoms with Gasteiger partial charge in [-0.15, -0.1) is 0 Å². The number of aryl methyl sites for hydroxylation is 1. The summed E-state index contributed by atoms with van der Waals surface area (Å²) in [7, 11) is 0. The number of carboxylic acids is 1. The quantitative estimate of drug-likeness (QED) is 0.539. The summed E-state index contributed by atoms with van der Waals surface area (Å²) in [5.74, 6) is -4.53. The van der Waals surface area contributed by atoms with Crippen molar-refractivity contribution in [3.8, 4) is 5.75 Å². The molecule has 2 heterocycles. The van der Waals surface area contributed by atoms with E-state index in [0.29, 0.717) is 49.9 Å². The van der Waals surface area contributed by atoms with Gasteiger partial charge in [-0.2, -0.15) is 0 Å². The van der Waals surface area contributed by atoms with Gasteiger partial charge in [0, 0.05) is 30.8 Å². The number of hydrogen-bond donors (Lipinski definition) is 2. The van der Waals surface area contributed by atoms with Crippen LogP contribution in [-0.4, -0.2) is 39.8 Å². The van der Waals surface area contributed by atoms with E-state index in [-0.39, 0.29) is 22.4 Å². The number of piperidine rings is 1. The molecule has 3 atom stereocenters. The Balaban J connectivity index is 1.51. The third-order valence-corrected chi connectivity index (χ3v) is 7.69. The molecule has 34 heavy (non-hydrogen) atoms. The first-order valence-corrected chi connectivity index (χ1v) is 11.7. The van der Waals surface area contributed by atoms with Crippen molar-refractivity contribution < 1.29 is 32.9 Å². The summed E-state index contributed by atoms with van der Waals surface area (Å²) in [6.45, 7) is 4.28. The van der Waals surface area contributed by atoms with Crippen LogP contribution in [0.5, 0.6) is 5.75 Å². The number of likely N-dealkylation sites (tertiary alicyclic amines) is 1. The zero-order valence-electron chi connectivity index (χ0n) is 19.0. The Labute approximate surface area is 201 Å². The maximum absolute atomic E-state index is 15.3. The minimum atomic E-state index is -1.50. The van der Waals surface area contributed by atoms with Crippen LogP contribution in [0, 0.1) is 23.4 Å². The van der Waals surface area contributed by atoms with Gasteiger partial charge in [-0.1, -0.05) is 23.7 Å². The molecule has 1 saturated heterocycles. The Morgan fingerprint density at radius 3 is 2.44 bits per heavy atom. The van der Waals surface area contributed by atoms with Gasteiger partial charge in [0.1, 0.15) is 17.2 Å². The lowest BCUT2D eigenvalue weighted by Crippen LogP contribution is -2.50. The standard InChI is InChI=1S/C25H27ClF3NO4/c1-13(24(32)33)22(31)17-4-3-15-5-6-25(34-23(15)21(17)29)7-9-30(10-8-25)14(2)18-11-16(27)12-19(28)20(18)26/h3-4,11-14,22,31H,5-10H2,1-2H3,(H,32,33)/t13-,14?,22+/m0/s1. The molecule has 0 aromatic heterocycles. The largest absolute Gasteiger partial charge is 0.484 e. The van der Waals surface area contributed by atoms with Gasteiger partial charge in [0.05, 0.1) is 17.0 Å². The molecule has 2 aromatic rings. The van der Waals surface area contributed by atoms with E-state index in [2.05, 4.69) is 4.90 Å². The minimum absolute atomic E-state index is 0.0668. The SMILES string of the molecule is CC(c1cc(F)cc(F)c1Cl)N1CCC2(CCc3ccc([C@H](O)[C@H](C)C(=O)O)c(F)c3O2)CC1. The third kappa shape index (κ3) is 4.51. The van der Waals surface area contributed by atoms with E-state index >= 15 is 4.39 Å². The van der Waals surface area contributed by atoms with Crippen LogP contribution in [0.2, 0.25) is 5.02 Å². The number of ether oxygens (including phenoxy) is 1. The molecule has 2 aliphatic heterocycles. The predicted octanol–water partition coefficient (Wildman–Crippen LogP) is 5.43. The first-order chi connectivity index (χ1) is 16.0. The molecule has 4 rings (SSSR count). The van der Waals surface area contributed by atoms with E-state index in [9.17, 15) is 23.8 Å². The van der Waals surface area contributed by atoms with Crippen molar-refractivity contribution in [1.29, 1.82) is 0 Å². The molecule has 1 spiro atoms. The summed E-state index contributed by atoms with van der Waals surface area (Å²) in [6.07, 6.45) is 0.926. The summed E-state index contributed by atoms with van der Waals surface area (Å²) >= 11 is 6.09. The van der Waals surface area contributed by atoms with Crippen molar-refractivity contribution in [3.63, 3.8) is 0 Å². The molecule has 2 N–H and O–H groups in total. The van der Waals surface area contributed by atoms with Gasteiger partial charge < -0.3 is 14.9 Å². The number of aliphatic hydroxyl groups is 1. The van der Waals surface area contributed by atoms with E-state index in [4.69, 9.17) is 16.3 Å². The lowest BCUT2D eigenvalue weighted by Gasteiger charge is -2.46. The number of carbonyl (C=O) groups is 1. The molecular weight excluding hydrogens is 471 g/mol. The number of nitrogens with zero attached hydrogens (tertiary/aromatic N) is 1. The monoisotopic (exact) mass is 497 g/mol. The molecule has 0 radical (unpaired) electrons. The zero-order valence-corrected chi connectivity index (χ0v) is 19.7. The van der Waals surface area contributed by atoms with Crippen LogP contribution in [0.3, 0.4) is 0 Å². The van der Waals surface area contributed by atoms with E-state index in [0.717, 1.165) is 6.07 Å². The summed E-state index contributed by atoms with van der Waals surface area (Å²) in [4.78, 5) is 13.3. The fourth-order valence-electron chi connectivity index (χ4n) is 4.93. The van der Waals surface area contributed by atoms with Crippen LogP contribution in [0.15, 0.2) is 24.3 Å². The highest BCUT2D eigenvalue weighted by molar-refractivity contribution is 6.31. The van der Waals surface area contributed by atoms with Crippen molar-refractivity contribution in [2.45, 2.75) is 57.3 Å². The summed E-state index contributed by atoms with van der Waals surface area (Å²) < 4.78 is 49.2. The Kier molecular flexibility index (Phi) is 6.86. The van der Waals surface area contributed by atoms with Crippen LogP contribution < -0.4 is 4.74 Å². The molecule has 5 nitrogen and oxygen atoms in total. The fourth-order valence-corrected chi connectivity index (χ4v) is 5.20. The second-order valence-electron chi connectivity index (χ2n) is 9.32. The first kappa shape index (κ1) is 24.8. The normalized spacial score (nSPS) is 20.3. The summed E-state index contributed by atoms with van der Waals surface area (Å²) in [5.41, 5.74) is 0.352. The number of aliphatic carboxylic acids is 1. The summed E-state index contributed by atoms with van der Waals surface area (Å²) in [5, 5.41) is 19.4. The molecule has 184 valence electrons. The number of fused-ring (bicyclic) bond motifs is 1. The number of benzene rings is 2. The maximum Gasteiger partial charge on any atom is 0.309 e. The molecular formula is C25H27ClF3NO4. The van der Waals surface area contributed by atoms with Crippen molar-refractivity contribution in [1.82, 2.24) is 4.90 Å². The first-order valence-electron chi connectivity index (χ1n) is 11.3. The van der Waals surface area contributed by atoms with Gasteiger partial charge in [-0.05, 0) is 56.7 Å². The van der Waals surface area contributed by atoms with Crippen molar-refractivity contribution >= 4 is 17.6 Å². The van der Waals surface area contributed by atoms with Crippen molar-refractivity contribution in [2.24, 2.45) is 5.92 Å². The molecule has 9 heteroatoms. The van der Waals surface area contributed by atoms with E-state index in [1.807, 2.05) is 6.92 Å². The highest BCUT2D eigenvalue weighted by Gasteiger charge is 2.42. The molecule has 2 aromatic carbocycles. The van der Waals surface area contributed by atoms with Gasteiger partial charge in [0.15, 0.2) is 11.6 Å². The molecule has 1 unspecified atom stereocenters. The fraction of sp³-hybridized carbons (Fsp3) is 0.480. The number of rotatable bonds is 5. The van der Waals surface area contributed by atoms with Crippen molar-refractivity contribution in [3.05, 3.63) is 63.4 Å². The predicted molar refractivity (Wildman–Crippen MR) is 120 cm³/mol. The molecule has 2 aliphatic rings. The van der Waals surface area contributed by atoms with Gasteiger partial charge in [-0.3, -0.25) is 9.69 Å². The van der Waals surface area contributed by atoms with Crippen LogP contribution in [0.1, 0.15) is 61.9 Å². The van der Waals surface area contributed by atoms with Gasteiger partial charge >= 0.3 is 5.97 Å². The van der Waals surface area contributed by atoms with Crippen LogP contribution >= 0.6 is 11.6 Å². The lowest BCUT2D eigenvalue weighted by molar-refractivity contribution is -0.145. The average molecular weight is 498 g/mol. The second-order valence-corrected chi connectivity index (χ2v) is 9.69. The maximum atomic E-state index is 15.3. The van der Waals surface area contributed by atoms with Gasteiger partial charge in [0.25, 0.3) is 0 Å². The molecule has 1 fully saturated rings. The number of halogens is 4. The Morgan fingerprint density at radius 1 is 1.12 bits per heavy atom. The third-order valence-electron chi connectivity index (χ3n) is 7.29. The van der Waals surface area contributed by atoms with E-state index < -0.39 is 41.0 Å². The van der Waals surface area contributed by atoms with Gasteiger partial charge in [0.2, 0.25) is 0 Å². The highest BCUT2D eigenvalue weighted by atomic mass is 35.5. The summed E-state index contributed by atoms with van der Waals surface area (Å²) in [6, 6.07) is 4.78. The van der Waals surface area contributed by atoms with Crippen LogP contribution in [0.4, 0.5) is 13.2 Å². The highest BCUT2D eigenvalue weighted by Crippen LogP contribution is 2.44. The molecule has 0 saturated carbocycles. The molecule has 0 amide bonds. The number of carboxylic acid groups (broad SMARTS) is 1. The minimum Gasteiger partial charge on any atom is -0.484 e. The number of aliphatic hydroxyl groups excluding tert-OH is 1. The Morgan fingerprint density at radius 2 is 1.79 bits per heavy atom. The lowest BCUT2D eigenvalue weighted by atomic mass is 9.82. The van der Waals surface area contributed by atoms with E-state index in [1.54, 1.807) is 6.07 Å². The molecule has 0 aliphatic carbocycles. The molecule has 0 bridgehead atoms. The zero-order chi connectivity index (χ0) is 24.8. The second kappa shape index (κ2) is 9.40. The van der Waals surface area contributed by atoms with Crippen LogP contribution in [-0.2, 0) is 11.2 Å². The smallest absolute Gasteiger partial charge is 0.309 e. The number of hydrogen-bond acceptors (Lipinski definition) is 4. The Bertz CT molecular complexity index is 1100. The van der Waals surface area contributed by atoms with Gasteiger partial charge in [-0.25, -0.2) is 13.2 Å².